The summed E-state index contributed by atoms with van der Waals surface area (Å²) in [5, 5.41) is 29.4. The third-order valence-electron chi connectivity index (χ3n) is 3.40. The molecule has 2 rings (SSSR count). The average Bonchev–Trinajstić information content (AvgIpc) is 2.46. The van der Waals surface area contributed by atoms with E-state index in [-0.39, 0.29) is 29.7 Å². The van der Waals surface area contributed by atoms with E-state index in [1.165, 1.54) is 0 Å². The van der Waals surface area contributed by atoms with E-state index < -0.39 is 10.9 Å². The third-order valence-corrected chi connectivity index (χ3v) is 3.40. The molecule has 0 spiro atoms. The van der Waals surface area contributed by atoms with Gasteiger partial charge < -0.3 is 15.1 Å². The summed E-state index contributed by atoms with van der Waals surface area (Å²) in [7, 11) is 0. The number of pyridine rings is 1. The van der Waals surface area contributed by atoms with Gasteiger partial charge in [0.25, 0.3) is 0 Å². The fourth-order valence-electron chi connectivity index (χ4n) is 2.39. The maximum Gasteiger partial charge on any atom is 0.337 e. The number of aromatic nitrogens is 1. The van der Waals surface area contributed by atoms with Gasteiger partial charge in [0.15, 0.2) is 0 Å². The largest absolute Gasteiger partial charge is 0.478 e. The van der Waals surface area contributed by atoms with Crippen LogP contribution in [0.4, 0.5) is 11.5 Å². The number of hydrogen-bond donors (Lipinski definition) is 2. The molecule has 0 aromatic carbocycles. The molecular formula is C12H15N3O5. The Morgan fingerprint density at radius 1 is 1.55 bits per heavy atom. The quantitative estimate of drug-likeness (QED) is 0.625. The van der Waals surface area contributed by atoms with Crippen LogP contribution >= 0.6 is 0 Å². The van der Waals surface area contributed by atoms with Crippen LogP contribution in [0.25, 0.3) is 0 Å². The molecule has 1 aliphatic rings. The van der Waals surface area contributed by atoms with Gasteiger partial charge in [0.1, 0.15) is 0 Å². The van der Waals surface area contributed by atoms with Gasteiger partial charge in [0.2, 0.25) is 5.82 Å². The number of carboxylic acids is 1. The Hall–Kier alpha value is -2.22. The Kier molecular flexibility index (Phi) is 4.14. The summed E-state index contributed by atoms with van der Waals surface area (Å²) in [5.41, 5.74) is -0.566. The number of aliphatic hydroxyl groups excluding tert-OH is 1. The van der Waals surface area contributed by atoms with Crippen LogP contribution in [0, 0.1) is 10.1 Å². The first-order valence-corrected chi connectivity index (χ1v) is 6.30. The summed E-state index contributed by atoms with van der Waals surface area (Å²) in [5.74, 6) is -1.14. The standard InChI is InChI=1S/C12H15N3O5/c16-7-9-3-1-2-4-14(9)11-10(15(19)20)5-8(6-13-11)12(17)18/h5-6,9,16H,1-4,7H2,(H,17,18). The summed E-state index contributed by atoms with van der Waals surface area (Å²) in [4.78, 5) is 27.0. The maximum absolute atomic E-state index is 11.1. The number of carboxylic acid groups (broad SMARTS) is 1. The number of anilines is 1. The van der Waals surface area contributed by atoms with Gasteiger partial charge in [-0.15, -0.1) is 0 Å². The zero-order chi connectivity index (χ0) is 14.7. The lowest BCUT2D eigenvalue weighted by Crippen LogP contribution is -2.42. The molecule has 0 saturated carbocycles. The fraction of sp³-hybridized carbons (Fsp3) is 0.500. The number of rotatable bonds is 4. The molecule has 1 unspecified atom stereocenters. The zero-order valence-corrected chi connectivity index (χ0v) is 10.7. The van der Waals surface area contributed by atoms with Crippen molar-refractivity contribution in [1.82, 2.24) is 4.98 Å². The molecule has 1 fully saturated rings. The Morgan fingerprint density at radius 2 is 2.30 bits per heavy atom. The van der Waals surface area contributed by atoms with Crippen molar-refractivity contribution in [3.05, 3.63) is 27.9 Å². The van der Waals surface area contributed by atoms with Crippen LogP contribution in [0.2, 0.25) is 0 Å². The van der Waals surface area contributed by atoms with Crippen molar-refractivity contribution in [3.8, 4) is 0 Å². The molecule has 108 valence electrons. The number of aromatic carboxylic acids is 1. The number of aliphatic hydroxyl groups is 1. The Bertz CT molecular complexity index is 534. The van der Waals surface area contributed by atoms with Crippen molar-refractivity contribution in [2.75, 3.05) is 18.1 Å². The predicted octanol–water partition coefficient (Wildman–Crippen LogP) is 1.04. The molecule has 1 atom stereocenters. The van der Waals surface area contributed by atoms with E-state index >= 15 is 0 Å². The van der Waals surface area contributed by atoms with Gasteiger partial charge in [0, 0.05) is 18.8 Å². The zero-order valence-electron chi connectivity index (χ0n) is 10.7. The third kappa shape index (κ3) is 2.69. The second-order valence-electron chi connectivity index (χ2n) is 4.65. The monoisotopic (exact) mass is 281 g/mol. The van der Waals surface area contributed by atoms with Gasteiger partial charge >= 0.3 is 11.7 Å². The molecule has 0 amide bonds. The van der Waals surface area contributed by atoms with Gasteiger partial charge in [-0.05, 0) is 19.3 Å². The van der Waals surface area contributed by atoms with Crippen LogP contribution in [-0.4, -0.2) is 45.3 Å². The SMILES string of the molecule is O=C(O)c1cnc(N2CCCCC2CO)c([N+](=O)[O-])c1. The van der Waals surface area contributed by atoms with Crippen LogP contribution in [0.15, 0.2) is 12.3 Å². The highest BCUT2D eigenvalue weighted by Gasteiger charge is 2.29. The second kappa shape index (κ2) is 5.83. The molecule has 2 heterocycles. The molecule has 0 aliphatic carbocycles. The van der Waals surface area contributed by atoms with Crippen LogP contribution in [0.5, 0.6) is 0 Å². The van der Waals surface area contributed by atoms with E-state index in [0.29, 0.717) is 6.54 Å². The molecule has 20 heavy (non-hydrogen) atoms. The number of nitrogens with zero attached hydrogens (tertiary/aromatic N) is 3. The molecule has 8 nitrogen and oxygen atoms in total. The van der Waals surface area contributed by atoms with E-state index in [0.717, 1.165) is 31.5 Å². The second-order valence-corrected chi connectivity index (χ2v) is 4.65. The number of nitro groups is 1. The normalized spacial score (nSPS) is 18.9. The first-order valence-electron chi connectivity index (χ1n) is 6.30. The van der Waals surface area contributed by atoms with Crippen molar-refractivity contribution in [2.24, 2.45) is 0 Å². The summed E-state index contributed by atoms with van der Waals surface area (Å²) in [6.07, 6.45) is 3.64. The van der Waals surface area contributed by atoms with Crippen molar-refractivity contribution < 1.29 is 19.9 Å². The first kappa shape index (κ1) is 14.2. The molecule has 1 aromatic rings. The van der Waals surface area contributed by atoms with Crippen LogP contribution < -0.4 is 4.90 Å². The van der Waals surface area contributed by atoms with Gasteiger partial charge in [-0.25, -0.2) is 9.78 Å². The lowest BCUT2D eigenvalue weighted by molar-refractivity contribution is -0.384. The van der Waals surface area contributed by atoms with Crippen LogP contribution in [0.1, 0.15) is 29.6 Å². The van der Waals surface area contributed by atoms with Crippen LogP contribution in [-0.2, 0) is 0 Å². The molecule has 8 heteroatoms. The molecule has 1 aromatic heterocycles. The summed E-state index contributed by atoms with van der Waals surface area (Å²) in [6, 6.07) is 0.791. The van der Waals surface area contributed by atoms with Crippen molar-refractivity contribution >= 4 is 17.5 Å². The highest BCUT2D eigenvalue weighted by molar-refractivity contribution is 5.88. The first-order chi connectivity index (χ1) is 9.54. The van der Waals surface area contributed by atoms with Crippen molar-refractivity contribution in [1.29, 1.82) is 0 Å². The number of carbonyl (C=O) groups is 1. The van der Waals surface area contributed by atoms with Gasteiger partial charge in [0.05, 0.1) is 23.1 Å². The van der Waals surface area contributed by atoms with Gasteiger partial charge in [-0.1, -0.05) is 0 Å². The fourth-order valence-corrected chi connectivity index (χ4v) is 2.39. The lowest BCUT2D eigenvalue weighted by Gasteiger charge is -2.35. The van der Waals surface area contributed by atoms with Crippen molar-refractivity contribution in [2.45, 2.75) is 25.3 Å². The van der Waals surface area contributed by atoms with E-state index in [9.17, 15) is 20.0 Å². The van der Waals surface area contributed by atoms with E-state index in [1.54, 1.807) is 4.90 Å². The summed E-state index contributed by atoms with van der Waals surface area (Å²) >= 11 is 0. The highest BCUT2D eigenvalue weighted by atomic mass is 16.6. The smallest absolute Gasteiger partial charge is 0.337 e. The minimum Gasteiger partial charge on any atom is -0.478 e. The number of hydrogen-bond acceptors (Lipinski definition) is 6. The maximum atomic E-state index is 11.1. The van der Waals surface area contributed by atoms with Gasteiger partial charge in [-0.3, -0.25) is 10.1 Å². The Labute approximate surface area is 114 Å². The lowest BCUT2D eigenvalue weighted by atomic mass is 10.0. The molecule has 0 bridgehead atoms. The molecular weight excluding hydrogens is 266 g/mol. The molecule has 0 radical (unpaired) electrons. The highest BCUT2D eigenvalue weighted by Crippen LogP contribution is 2.31. The molecule has 2 N–H and O–H groups in total. The summed E-state index contributed by atoms with van der Waals surface area (Å²) in [6.45, 7) is 0.449. The number of piperidine rings is 1. The average molecular weight is 281 g/mol. The predicted molar refractivity (Wildman–Crippen MR) is 69.9 cm³/mol. The van der Waals surface area contributed by atoms with Gasteiger partial charge in [-0.2, -0.15) is 0 Å². The van der Waals surface area contributed by atoms with Crippen molar-refractivity contribution in [3.63, 3.8) is 0 Å². The Balaban J connectivity index is 2.44. The Morgan fingerprint density at radius 3 is 2.90 bits per heavy atom. The van der Waals surface area contributed by atoms with E-state index in [2.05, 4.69) is 4.98 Å². The minimum atomic E-state index is -1.26. The topological polar surface area (TPSA) is 117 Å². The minimum absolute atomic E-state index is 0.112. The molecule has 1 saturated heterocycles. The van der Waals surface area contributed by atoms with E-state index in [1.807, 2.05) is 0 Å². The summed E-state index contributed by atoms with van der Waals surface area (Å²) < 4.78 is 0. The van der Waals surface area contributed by atoms with Crippen LogP contribution in [0.3, 0.4) is 0 Å². The van der Waals surface area contributed by atoms with E-state index in [4.69, 9.17) is 5.11 Å². The molecule has 1 aliphatic heterocycles.